The van der Waals surface area contributed by atoms with Gasteiger partial charge in [-0.05, 0) is 25.3 Å². The van der Waals surface area contributed by atoms with E-state index in [2.05, 4.69) is 24.1 Å². The summed E-state index contributed by atoms with van der Waals surface area (Å²) in [5.41, 5.74) is -0.0311. The molecule has 0 radical (unpaired) electrons. The van der Waals surface area contributed by atoms with Crippen LogP contribution in [0.1, 0.15) is 23.5 Å². The molecule has 1 saturated heterocycles. The molecule has 1 aromatic rings. The molecule has 1 N–H and O–H groups in total. The lowest BCUT2D eigenvalue weighted by atomic mass is 10.0. The maximum atomic E-state index is 11.9. The van der Waals surface area contributed by atoms with Crippen LogP contribution in [0, 0.1) is 0 Å². The van der Waals surface area contributed by atoms with E-state index >= 15 is 0 Å². The molecule has 5 heteroatoms. The molecule has 1 amide bonds. The van der Waals surface area contributed by atoms with Crippen LogP contribution in [-0.4, -0.2) is 49.2 Å². The highest BCUT2D eigenvalue weighted by Gasteiger charge is 2.28. The average Bonchev–Trinajstić information content (AvgIpc) is 2.91. The van der Waals surface area contributed by atoms with E-state index in [0.29, 0.717) is 6.54 Å². The van der Waals surface area contributed by atoms with Crippen LogP contribution in [-0.2, 0) is 4.74 Å². The normalized spacial score (nSPS) is 17.7. The first-order chi connectivity index (χ1) is 8.59. The zero-order valence-corrected chi connectivity index (χ0v) is 11.8. The van der Waals surface area contributed by atoms with Gasteiger partial charge in [0.05, 0.1) is 18.1 Å². The van der Waals surface area contributed by atoms with Crippen molar-refractivity contribution in [2.24, 2.45) is 0 Å². The molecule has 100 valence electrons. The number of amides is 1. The molecular formula is C13H20N2O2S. The number of hydrogen-bond donors (Lipinski definition) is 1. The molecule has 0 aliphatic carbocycles. The fourth-order valence-electron chi connectivity index (χ4n) is 2.07. The summed E-state index contributed by atoms with van der Waals surface area (Å²) in [6, 6.07) is 3.74. The van der Waals surface area contributed by atoms with Crippen LogP contribution in [0.4, 0.5) is 0 Å². The van der Waals surface area contributed by atoms with Crippen LogP contribution in [0.2, 0.25) is 0 Å². The lowest BCUT2D eigenvalue weighted by Crippen LogP contribution is -2.55. The number of nitrogens with zero attached hydrogens (tertiary/aromatic N) is 1. The second-order valence-electron chi connectivity index (χ2n) is 5.07. The molecule has 2 rings (SSSR count). The van der Waals surface area contributed by atoms with Crippen LogP contribution >= 0.6 is 11.3 Å². The Kier molecular flexibility index (Phi) is 4.37. The minimum atomic E-state index is -0.0311. The van der Waals surface area contributed by atoms with Crippen molar-refractivity contribution in [3.63, 3.8) is 0 Å². The Hall–Kier alpha value is -0.910. The Balaban J connectivity index is 1.86. The van der Waals surface area contributed by atoms with E-state index < -0.39 is 0 Å². The molecule has 1 fully saturated rings. The predicted molar refractivity (Wildman–Crippen MR) is 73.1 cm³/mol. The number of carbonyl (C=O) groups is 1. The Morgan fingerprint density at radius 1 is 1.50 bits per heavy atom. The van der Waals surface area contributed by atoms with Gasteiger partial charge in [0.2, 0.25) is 0 Å². The fraction of sp³-hybridized carbons (Fsp3) is 0.615. The topological polar surface area (TPSA) is 41.6 Å². The van der Waals surface area contributed by atoms with Crippen molar-refractivity contribution in [2.45, 2.75) is 19.4 Å². The summed E-state index contributed by atoms with van der Waals surface area (Å²) in [5.74, 6) is 0.0198. The standard InChI is InChI=1S/C13H20N2O2S/c1-13(2,15-5-7-17-8-6-15)10-14-12(16)11-4-3-9-18-11/h3-4,9H,5-8,10H2,1-2H3,(H,14,16). The minimum Gasteiger partial charge on any atom is -0.379 e. The summed E-state index contributed by atoms with van der Waals surface area (Å²) in [6.07, 6.45) is 0. The third-order valence-electron chi connectivity index (χ3n) is 3.29. The summed E-state index contributed by atoms with van der Waals surface area (Å²) >= 11 is 1.47. The minimum absolute atomic E-state index is 0.0198. The average molecular weight is 268 g/mol. The molecule has 0 aromatic carbocycles. The summed E-state index contributed by atoms with van der Waals surface area (Å²) < 4.78 is 5.35. The molecule has 4 nitrogen and oxygen atoms in total. The van der Waals surface area contributed by atoms with Crippen LogP contribution in [0.15, 0.2) is 17.5 Å². The highest BCUT2D eigenvalue weighted by molar-refractivity contribution is 7.12. The number of ether oxygens (including phenoxy) is 1. The third kappa shape index (κ3) is 3.31. The van der Waals surface area contributed by atoms with Gasteiger partial charge >= 0.3 is 0 Å². The van der Waals surface area contributed by atoms with Crippen LogP contribution in [0.3, 0.4) is 0 Å². The number of hydrogen-bond acceptors (Lipinski definition) is 4. The summed E-state index contributed by atoms with van der Waals surface area (Å²) in [4.78, 5) is 15.0. The first-order valence-electron chi connectivity index (χ1n) is 6.24. The maximum Gasteiger partial charge on any atom is 0.261 e. The Labute approximate surface area is 112 Å². The first kappa shape index (κ1) is 13.5. The number of rotatable bonds is 4. The van der Waals surface area contributed by atoms with Crippen molar-refractivity contribution in [3.05, 3.63) is 22.4 Å². The number of carbonyl (C=O) groups excluding carboxylic acids is 1. The predicted octanol–water partition coefficient (Wildman–Crippen LogP) is 1.59. The molecular weight excluding hydrogens is 248 g/mol. The first-order valence-corrected chi connectivity index (χ1v) is 7.12. The van der Waals surface area contributed by atoms with Crippen LogP contribution < -0.4 is 5.32 Å². The van der Waals surface area contributed by atoms with E-state index in [9.17, 15) is 4.79 Å². The second-order valence-corrected chi connectivity index (χ2v) is 6.02. The molecule has 1 aromatic heterocycles. The number of thiophene rings is 1. The molecule has 0 saturated carbocycles. The molecule has 0 unspecified atom stereocenters. The van der Waals surface area contributed by atoms with Gasteiger partial charge in [-0.1, -0.05) is 6.07 Å². The Morgan fingerprint density at radius 2 is 2.22 bits per heavy atom. The molecule has 0 spiro atoms. The van der Waals surface area contributed by atoms with E-state index in [1.807, 2.05) is 17.5 Å². The largest absolute Gasteiger partial charge is 0.379 e. The van der Waals surface area contributed by atoms with Crippen molar-refractivity contribution < 1.29 is 9.53 Å². The summed E-state index contributed by atoms with van der Waals surface area (Å²) in [5, 5.41) is 4.93. The van der Waals surface area contributed by atoms with Gasteiger partial charge in [0, 0.05) is 25.2 Å². The van der Waals surface area contributed by atoms with E-state index in [-0.39, 0.29) is 11.4 Å². The van der Waals surface area contributed by atoms with Crippen molar-refractivity contribution in [1.29, 1.82) is 0 Å². The van der Waals surface area contributed by atoms with Gasteiger partial charge < -0.3 is 10.1 Å². The lowest BCUT2D eigenvalue weighted by molar-refractivity contribution is -0.00922. The van der Waals surface area contributed by atoms with Crippen molar-refractivity contribution in [2.75, 3.05) is 32.8 Å². The zero-order valence-electron chi connectivity index (χ0n) is 10.9. The van der Waals surface area contributed by atoms with Crippen LogP contribution in [0.5, 0.6) is 0 Å². The Bertz CT molecular complexity index is 384. The summed E-state index contributed by atoms with van der Waals surface area (Å²) in [7, 11) is 0. The molecule has 2 heterocycles. The highest BCUT2D eigenvalue weighted by atomic mass is 32.1. The Morgan fingerprint density at radius 3 is 2.83 bits per heavy atom. The van der Waals surface area contributed by atoms with Gasteiger partial charge in [0.25, 0.3) is 5.91 Å². The molecule has 18 heavy (non-hydrogen) atoms. The van der Waals surface area contributed by atoms with Crippen LogP contribution in [0.25, 0.3) is 0 Å². The highest BCUT2D eigenvalue weighted by Crippen LogP contribution is 2.16. The van der Waals surface area contributed by atoms with Gasteiger partial charge in [-0.3, -0.25) is 9.69 Å². The third-order valence-corrected chi connectivity index (χ3v) is 4.16. The zero-order chi connectivity index (χ0) is 13.0. The maximum absolute atomic E-state index is 11.9. The second kappa shape index (κ2) is 5.82. The molecule has 0 bridgehead atoms. The quantitative estimate of drug-likeness (QED) is 0.901. The van der Waals surface area contributed by atoms with E-state index in [1.165, 1.54) is 11.3 Å². The van der Waals surface area contributed by atoms with E-state index in [1.54, 1.807) is 0 Å². The van der Waals surface area contributed by atoms with E-state index in [4.69, 9.17) is 4.74 Å². The molecule has 0 atom stereocenters. The van der Waals surface area contributed by atoms with Gasteiger partial charge in [-0.15, -0.1) is 11.3 Å². The van der Waals surface area contributed by atoms with Gasteiger partial charge in [-0.25, -0.2) is 0 Å². The van der Waals surface area contributed by atoms with Crippen molar-refractivity contribution in [3.8, 4) is 0 Å². The van der Waals surface area contributed by atoms with Gasteiger partial charge in [0.15, 0.2) is 0 Å². The van der Waals surface area contributed by atoms with Gasteiger partial charge in [-0.2, -0.15) is 0 Å². The van der Waals surface area contributed by atoms with Crippen molar-refractivity contribution in [1.82, 2.24) is 10.2 Å². The molecule has 1 aliphatic rings. The van der Waals surface area contributed by atoms with Crippen molar-refractivity contribution >= 4 is 17.2 Å². The number of morpholine rings is 1. The smallest absolute Gasteiger partial charge is 0.261 e. The SMILES string of the molecule is CC(C)(CNC(=O)c1cccs1)N1CCOCC1. The van der Waals surface area contributed by atoms with E-state index in [0.717, 1.165) is 31.2 Å². The fourth-order valence-corrected chi connectivity index (χ4v) is 2.71. The number of nitrogens with one attached hydrogen (secondary N) is 1. The summed E-state index contributed by atoms with van der Waals surface area (Å²) in [6.45, 7) is 8.40. The van der Waals surface area contributed by atoms with Gasteiger partial charge in [0.1, 0.15) is 0 Å². The lowest BCUT2D eigenvalue weighted by Gasteiger charge is -2.40. The molecule has 1 aliphatic heterocycles. The monoisotopic (exact) mass is 268 g/mol.